The van der Waals surface area contributed by atoms with Gasteiger partial charge in [-0.05, 0) is 20.8 Å². The molecule has 13 heavy (non-hydrogen) atoms. The molecule has 1 N–H and O–H groups in total. The molecule has 0 heterocycles. The molecule has 0 atom stereocenters. The molecule has 0 aromatic heterocycles. The normalized spacial score (nSPS) is 11.5. The van der Waals surface area contributed by atoms with Crippen LogP contribution in [0.4, 0.5) is 4.79 Å². The van der Waals surface area contributed by atoms with Gasteiger partial charge < -0.3 is 14.2 Å². The lowest BCUT2D eigenvalue weighted by molar-refractivity contribution is -0.121. The highest BCUT2D eigenvalue weighted by Gasteiger charge is 2.18. The SMILES string of the molecule is COC(NC(=O)OC(C)(C)C)OC. The van der Waals surface area contributed by atoms with Gasteiger partial charge in [0.25, 0.3) is 0 Å². The third kappa shape index (κ3) is 6.36. The van der Waals surface area contributed by atoms with Crippen molar-refractivity contribution < 1.29 is 19.0 Å². The Hall–Kier alpha value is -0.810. The van der Waals surface area contributed by atoms with Crippen molar-refractivity contribution in [2.24, 2.45) is 0 Å². The topological polar surface area (TPSA) is 56.8 Å². The van der Waals surface area contributed by atoms with E-state index >= 15 is 0 Å². The van der Waals surface area contributed by atoms with E-state index in [0.717, 1.165) is 0 Å². The van der Waals surface area contributed by atoms with Crippen LogP contribution < -0.4 is 5.32 Å². The summed E-state index contributed by atoms with van der Waals surface area (Å²) < 4.78 is 14.5. The zero-order valence-corrected chi connectivity index (χ0v) is 8.71. The molecule has 78 valence electrons. The van der Waals surface area contributed by atoms with Gasteiger partial charge in [0.15, 0.2) is 0 Å². The fraction of sp³-hybridized carbons (Fsp3) is 0.875. The minimum atomic E-state index is -0.769. The molecule has 0 rings (SSSR count). The van der Waals surface area contributed by atoms with Crippen molar-refractivity contribution in [1.82, 2.24) is 5.32 Å². The summed E-state index contributed by atoms with van der Waals surface area (Å²) >= 11 is 0. The first kappa shape index (κ1) is 12.2. The van der Waals surface area contributed by atoms with E-state index in [1.54, 1.807) is 20.8 Å². The molecule has 0 fully saturated rings. The van der Waals surface area contributed by atoms with Crippen LogP contribution in [0.15, 0.2) is 0 Å². The number of amides is 1. The monoisotopic (exact) mass is 191 g/mol. The Morgan fingerprint density at radius 3 is 2.00 bits per heavy atom. The Morgan fingerprint density at radius 2 is 1.69 bits per heavy atom. The molecule has 1 amide bonds. The Balaban J connectivity index is 3.86. The fourth-order valence-corrected chi connectivity index (χ4v) is 0.618. The van der Waals surface area contributed by atoms with Crippen molar-refractivity contribution >= 4 is 6.09 Å². The van der Waals surface area contributed by atoms with Gasteiger partial charge in [0.05, 0.1) is 0 Å². The minimum absolute atomic E-state index is 0.518. The summed E-state index contributed by atoms with van der Waals surface area (Å²) in [5, 5.41) is 2.37. The van der Waals surface area contributed by atoms with Crippen LogP contribution in [0.2, 0.25) is 0 Å². The van der Waals surface area contributed by atoms with Crippen LogP contribution in [0.1, 0.15) is 20.8 Å². The number of rotatable bonds is 3. The van der Waals surface area contributed by atoms with Crippen molar-refractivity contribution in [3.8, 4) is 0 Å². The summed E-state index contributed by atoms with van der Waals surface area (Å²) in [7, 11) is 2.84. The maximum Gasteiger partial charge on any atom is 0.411 e. The van der Waals surface area contributed by atoms with Crippen LogP contribution >= 0.6 is 0 Å². The van der Waals surface area contributed by atoms with E-state index in [4.69, 9.17) is 14.2 Å². The van der Waals surface area contributed by atoms with Gasteiger partial charge in [0.1, 0.15) is 5.60 Å². The Kier molecular flexibility index (Phi) is 4.72. The van der Waals surface area contributed by atoms with Crippen molar-refractivity contribution in [3.05, 3.63) is 0 Å². The molecule has 0 aromatic carbocycles. The van der Waals surface area contributed by atoms with Crippen LogP contribution in [0, 0.1) is 0 Å². The molecule has 5 nitrogen and oxygen atoms in total. The first-order valence-corrected chi connectivity index (χ1v) is 3.94. The smallest absolute Gasteiger partial charge is 0.411 e. The van der Waals surface area contributed by atoms with Crippen molar-refractivity contribution in [3.63, 3.8) is 0 Å². The molecule has 0 unspecified atom stereocenters. The summed E-state index contributed by atoms with van der Waals surface area (Å²) in [6, 6.07) is 0. The van der Waals surface area contributed by atoms with E-state index in [2.05, 4.69) is 5.32 Å². The van der Waals surface area contributed by atoms with Crippen LogP contribution in [-0.2, 0) is 14.2 Å². The minimum Gasteiger partial charge on any atom is -0.444 e. The van der Waals surface area contributed by atoms with Crippen molar-refractivity contribution in [1.29, 1.82) is 0 Å². The first-order valence-electron chi connectivity index (χ1n) is 3.94. The number of carbonyl (C=O) groups is 1. The second kappa shape index (κ2) is 5.04. The lowest BCUT2D eigenvalue weighted by atomic mass is 10.2. The van der Waals surface area contributed by atoms with E-state index in [1.807, 2.05) is 0 Å². The molecular formula is C8H17NO4. The number of nitrogens with one attached hydrogen (secondary N) is 1. The second-order valence-electron chi connectivity index (χ2n) is 3.45. The lowest BCUT2D eigenvalue weighted by Crippen LogP contribution is -2.41. The molecule has 0 aromatic rings. The quantitative estimate of drug-likeness (QED) is 0.678. The highest BCUT2D eigenvalue weighted by atomic mass is 16.7. The number of hydrogen-bond donors (Lipinski definition) is 1. The van der Waals surface area contributed by atoms with Crippen LogP contribution in [0.25, 0.3) is 0 Å². The predicted molar refractivity (Wildman–Crippen MR) is 47.2 cm³/mol. The average Bonchev–Trinajstić information content (AvgIpc) is 1.96. The number of alkyl carbamates (subject to hydrolysis) is 1. The van der Waals surface area contributed by atoms with E-state index in [0.29, 0.717) is 0 Å². The van der Waals surface area contributed by atoms with Gasteiger partial charge in [0, 0.05) is 14.2 Å². The van der Waals surface area contributed by atoms with E-state index < -0.39 is 18.1 Å². The van der Waals surface area contributed by atoms with Gasteiger partial charge in [-0.25, -0.2) is 4.79 Å². The molecule has 0 saturated carbocycles. The molecule has 0 spiro atoms. The summed E-state index contributed by atoms with van der Waals surface area (Å²) in [6.07, 6.45) is -1.34. The molecule has 0 aliphatic rings. The summed E-state index contributed by atoms with van der Waals surface area (Å²) in [4.78, 5) is 11.1. The van der Waals surface area contributed by atoms with Crippen LogP contribution in [0.3, 0.4) is 0 Å². The Bertz CT molecular complexity index is 160. The Labute approximate surface area is 78.3 Å². The maximum atomic E-state index is 11.1. The summed E-state index contributed by atoms with van der Waals surface area (Å²) in [6.45, 7) is 5.34. The molecule has 0 aliphatic heterocycles. The lowest BCUT2D eigenvalue weighted by Gasteiger charge is -2.21. The number of carbonyl (C=O) groups excluding carboxylic acids is 1. The standard InChI is InChI=1S/C8H17NO4/c1-8(2,3)13-6(10)9-7(11-4)12-5/h7H,1-5H3,(H,9,10). The third-order valence-corrected chi connectivity index (χ3v) is 1.06. The van der Waals surface area contributed by atoms with Gasteiger partial charge in [0.2, 0.25) is 6.41 Å². The van der Waals surface area contributed by atoms with Gasteiger partial charge in [-0.3, -0.25) is 5.32 Å². The first-order chi connectivity index (χ1) is 5.89. The predicted octanol–water partition coefficient (Wildman–Crippen LogP) is 1.09. The Morgan fingerprint density at radius 1 is 1.23 bits per heavy atom. The average molecular weight is 191 g/mol. The van der Waals surface area contributed by atoms with E-state index in [9.17, 15) is 4.79 Å². The second-order valence-corrected chi connectivity index (χ2v) is 3.45. The number of hydrogen-bond acceptors (Lipinski definition) is 4. The molecule has 0 bridgehead atoms. The van der Waals surface area contributed by atoms with E-state index in [-0.39, 0.29) is 0 Å². The number of methoxy groups -OCH3 is 2. The molecule has 0 aliphatic carbocycles. The highest BCUT2D eigenvalue weighted by molar-refractivity contribution is 5.67. The van der Waals surface area contributed by atoms with E-state index in [1.165, 1.54) is 14.2 Å². The zero-order valence-electron chi connectivity index (χ0n) is 8.71. The number of ether oxygens (including phenoxy) is 3. The maximum absolute atomic E-state index is 11.1. The van der Waals surface area contributed by atoms with Gasteiger partial charge in [-0.1, -0.05) is 0 Å². The fourth-order valence-electron chi connectivity index (χ4n) is 0.618. The van der Waals surface area contributed by atoms with Crippen LogP contribution in [0.5, 0.6) is 0 Å². The van der Waals surface area contributed by atoms with Gasteiger partial charge >= 0.3 is 6.09 Å². The molecule has 5 heteroatoms. The largest absolute Gasteiger partial charge is 0.444 e. The summed E-state index contributed by atoms with van der Waals surface area (Å²) in [5.74, 6) is 0. The van der Waals surface area contributed by atoms with Gasteiger partial charge in [-0.2, -0.15) is 0 Å². The van der Waals surface area contributed by atoms with Crippen molar-refractivity contribution in [2.75, 3.05) is 14.2 Å². The molecule has 0 saturated heterocycles. The van der Waals surface area contributed by atoms with Gasteiger partial charge in [-0.15, -0.1) is 0 Å². The van der Waals surface area contributed by atoms with Crippen LogP contribution in [-0.4, -0.2) is 32.3 Å². The molecule has 0 radical (unpaired) electrons. The molecular weight excluding hydrogens is 174 g/mol. The summed E-state index contributed by atoms with van der Waals surface area (Å²) in [5.41, 5.74) is -0.518. The zero-order chi connectivity index (χ0) is 10.5. The highest BCUT2D eigenvalue weighted by Crippen LogP contribution is 2.06. The van der Waals surface area contributed by atoms with Crippen molar-refractivity contribution in [2.45, 2.75) is 32.8 Å². The third-order valence-electron chi connectivity index (χ3n) is 1.06.